The van der Waals surface area contributed by atoms with Gasteiger partial charge in [-0.15, -0.1) is 0 Å². The molecule has 1 heterocycles. The van der Waals surface area contributed by atoms with E-state index in [0.29, 0.717) is 6.42 Å². The van der Waals surface area contributed by atoms with Gasteiger partial charge in [0.05, 0.1) is 25.0 Å². The van der Waals surface area contributed by atoms with Crippen LogP contribution in [-0.2, 0) is 5.60 Å². The maximum absolute atomic E-state index is 12.4. The van der Waals surface area contributed by atoms with Crippen molar-refractivity contribution in [1.29, 1.82) is 0 Å². The lowest BCUT2D eigenvalue weighted by Crippen LogP contribution is -2.50. The van der Waals surface area contributed by atoms with Gasteiger partial charge in [-0.2, -0.15) is 0 Å². The van der Waals surface area contributed by atoms with E-state index in [0.717, 1.165) is 81.3 Å². The van der Waals surface area contributed by atoms with Crippen molar-refractivity contribution in [3.05, 3.63) is 90.0 Å². The standard InChI is InChI=1S/C33H44N2O3/c1-4-6-25-38-29-18-16-28(17-19-29)33(36,20-5-2)30(27-12-8-7-9-13-27)26-34-21-23-35(24-22-34)31-14-10-11-15-32(31)37-3/h7-19,30,36H,4-6,20-26H2,1-3H3/t30-,33-/m1/s1. The monoisotopic (exact) mass is 516 g/mol. The number of methoxy groups -OCH3 is 1. The number of benzene rings is 3. The lowest BCUT2D eigenvalue weighted by atomic mass is 9.74. The molecule has 0 bridgehead atoms. The molecule has 0 unspecified atom stereocenters. The number of anilines is 1. The summed E-state index contributed by atoms with van der Waals surface area (Å²) >= 11 is 0. The minimum Gasteiger partial charge on any atom is -0.495 e. The quantitative estimate of drug-likeness (QED) is 0.264. The Morgan fingerprint density at radius 2 is 1.53 bits per heavy atom. The van der Waals surface area contributed by atoms with Gasteiger partial charge in [0, 0.05) is 38.6 Å². The van der Waals surface area contributed by atoms with E-state index in [1.165, 1.54) is 5.56 Å². The molecule has 3 aromatic carbocycles. The number of para-hydroxylation sites is 2. The van der Waals surface area contributed by atoms with Crippen molar-refractivity contribution in [3.8, 4) is 11.5 Å². The molecule has 1 saturated heterocycles. The smallest absolute Gasteiger partial charge is 0.142 e. The molecule has 0 radical (unpaired) electrons. The maximum atomic E-state index is 12.4. The number of aliphatic hydroxyl groups is 1. The summed E-state index contributed by atoms with van der Waals surface area (Å²) in [6, 6.07) is 26.9. The van der Waals surface area contributed by atoms with Gasteiger partial charge in [-0.25, -0.2) is 0 Å². The molecule has 1 aliphatic heterocycles. The van der Waals surface area contributed by atoms with Crippen LogP contribution in [0.1, 0.15) is 56.6 Å². The zero-order valence-electron chi connectivity index (χ0n) is 23.3. The first kappa shape index (κ1) is 28.0. The summed E-state index contributed by atoms with van der Waals surface area (Å²) in [5.74, 6) is 1.74. The predicted octanol–water partition coefficient (Wildman–Crippen LogP) is 6.47. The normalized spacial score (nSPS) is 16.6. The van der Waals surface area contributed by atoms with Gasteiger partial charge in [-0.3, -0.25) is 4.90 Å². The third-order valence-electron chi connectivity index (χ3n) is 7.77. The molecule has 0 aromatic heterocycles. The maximum Gasteiger partial charge on any atom is 0.142 e. The first-order valence-electron chi connectivity index (χ1n) is 14.2. The van der Waals surface area contributed by atoms with Gasteiger partial charge in [0.1, 0.15) is 11.5 Å². The number of piperazine rings is 1. The molecule has 0 amide bonds. The van der Waals surface area contributed by atoms with Crippen LogP contribution in [0.2, 0.25) is 0 Å². The number of rotatable bonds is 13. The Morgan fingerprint density at radius 3 is 2.18 bits per heavy atom. The van der Waals surface area contributed by atoms with Gasteiger partial charge >= 0.3 is 0 Å². The van der Waals surface area contributed by atoms with Crippen molar-refractivity contribution in [2.75, 3.05) is 51.3 Å². The summed E-state index contributed by atoms with van der Waals surface area (Å²) in [4.78, 5) is 4.91. The summed E-state index contributed by atoms with van der Waals surface area (Å²) in [6.45, 7) is 9.58. The van der Waals surface area contributed by atoms with Crippen molar-refractivity contribution in [2.45, 2.75) is 51.0 Å². The van der Waals surface area contributed by atoms with Crippen molar-refractivity contribution >= 4 is 5.69 Å². The van der Waals surface area contributed by atoms with E-state index in [9.17, 15) is 5.11 Å². The Balaban J connectivity index is 1.54. The summed E-state index contributed by atoms with van der Waals surface area (Å²) in [5.41, 5.74) is 2.32. The van der Waals surface area contributed by atoms with Crippen LogP contribution in [0.25, 0.3) is 0 Å². The second-order valence-electron chi connectivity index (χ2n) is 10.3. The topological polar surface area (TPSA) is 45.2 Å². The van der Waals surface area contributed by atoms with Gasteiger partial charge < -0.3 is 19.5 Å². The third-order valence-corrected chi connectivity index (χ3v) is 7.77. The van der Waals surface area contributed by atoms with E-state index < -0.39 is 5.60 Å². The van der Waals surface area contributed by atoms with Gasteiger partial charge in [0.15, 0.2) is 0 Å². The second kappa shape index (κ2) is 13.7. The second-order valence-corrected chi connectivity index (χ2v) is 10.3. The summed E-state index contributed by atoms with van der Waals surface area (Å²) in [5, 5.41) is 12.4. The van der Waals surface area contributed by atoms with Crippen LogP contribution >= 0.6 is 0 Å². The van der Waals surface area contributed by atoms with E-state index >= 15 is 0 Å². The SMILES string of the molecule is CCCCOc1ccc([C@](O)(CCC)[C@H](CN2CCN(c3ccccc3OC)CC2)c2ccccc2)cc1. The molecule has 2 atom stereocenters. The molecule has 4 rings (SSSR count). The fourth-order valence-electron chi connectivity index (χ4n) is 5.61. The summed E-state index contributed by atoms with van der Waals surface area (Å²) in [6.07, 6.45) is 3.75. The highest BCUT2D eigenvalue weighted by molar-refractivity contribution is 5.58. The fraction of sp³-hybridized carbons (Fsp3) is 0.455. The Bertz CT molecular complexity index is 1100. The van der Waals surface area contributed by atoms with Crippen LogP contribution in [0, 0.1) is 0 Å². The average molecular weight is 517 g/mol. The molecule has 5 heteroatoms. The van der Waals surface area contributed by atoms with Crippen molar-refractivity contribution < 1.29 is 14.6 Å². The molecule has 1 fully saturated rings. The van der Waals surface area contributed by atoms with E-state index in [1.54, 1.807) is 7.11 Å². The average Bonchev–Trinajstić information content (AvgIpc) is 2.97. The lowest BCUT2D eigenvalue weighted by molar-refractivity contribution is -0.0141. The molecular weight excluding hydrogens is 472 g/mol. The van der Waals surface area contributed by atoms with Gasteiger partial charge in [-0.05, 0) is 48.2 Å². The van der Waals surface area contributed by atoms with Crippen LogP contribution in [0.3, 0.4) is 0 Å². The third kappa shape index (κ3) is 6.69. The van der Waals surface area contributed by atoms with Gasteiger partial charge in [-0.1, -0.05) is 81.3 Å². The van der Waals surface area contributed by atoms with Crippen LogP contribution < -0.4 is 14.4 Å². The van der Waals surface area contributed by atoms with Crippen LogP contribution in [-0.4, -0.2) is 56.4 Å². The minimum atomic E-state index is -0.974. The summed E-state index contributed by atoms with van der Waals surface area (Å²) in [7, 11) is 1.73. The zero-order chi connectivity index (χ0) is 26.8. The highest BCUT2D eigenvalue weighted by Gasteiger charge is 2.40. The van der Waals surface area contributed by atoms with E-state index in [2.05, 4.69) is 72.2 Å². The molecule has 3 aromatic rings. The molecular formula is C33H44N2O3. The Hall–Kier alpha value is -3.02. The number of ether oxygens (including phenoxy) is 2. The van der Waals surface area contributed by atoms with Crippen molar-refractivity contribution in [2.24, 2.45) is 0 Å². The molecule has 0 saturated carbocycles. The van der Waals surface area contributed by atoms with Crippen molar-refractivity contribution in [3.63, 3.8) is 0 Å². The predicted molar refractivity (Wildman–Crippen MR) is 156 cm³/mol. The lowest BCUT2D eigenvalue weighted by Gasteiger charge is -2.43. The van der Waals surface area contributed by atoms with E-state index in [1.807, 2.05) is 30.3 Å². The Kier molecular flexibility index (Phi) is 10.1. The van der Waals surface area contributed by atoms with E-state index in [4.69, 9.17) is 9.47 Å². The van der Waals surface area contributed by atoms with Crippen LogP contribution in [0.4, 0.5) is 5.69 Å². The minimum absolute atomic E-state index is 0.0479. The molecule has 0 aliphatic carbocycles. The van der Waals surface area contributed by atoms with Gasteiger partial charge in [0.25, 0.3) is 0 Å². The molecule has 0 spiro atoms. The number of nitrogens with zero attached hydrogens (tertiary/aromatic N) is 2. The molecule has 204 valence electrons. The number of hydrogen-bond donors (Lipinski definition) is 1. The van der Waals surface area contributed by atoms with Crippen LogP contribution in [0.5, 0.6) is 11.5 Å². The Labute approximate surface area is 229 Å². The highest BCUT2D eigenvalue weighted by Crippen LogP contribution is 2.42. The van der Waals surface area contributed by atoms with Crippen LogP contribution in [0.15, 0.2) is 78.9 Å². The first-order valence-corrected chi connectivity index (χ1v) is 14.2. The summed E-state index contributed by atoms with van der Waals surface area (Å²) < 4.78 is 11.5. The number of unbranched alkanes of at least 4 members (excludes halogenated alkanes) is 1. The largest absolute Gasteiger partial charge is 0.495 e. The number of hydrogen-bond acceptors (Lipinski definition) is 5. The highest BCUT2D eigenvalue weighted by atomic mass is 16.5. The fourth-order valence-corrected chi connectivity index (χ4v) is 5.61. The van der Waals surface area contributed by atoms with Crippen molar-refractivity contribution in [1.82, 2.24) is 4.90 Å². The molecule has 5 nitrogen and oxygen atoms in total. The first-order chi connectivity index (χ1) is 18.6. The molecule has 38 heavy (non-hydrogen) atoms. The molecule has 1 N–H and O–H groups in total. The van der Waals surface area contributed by atoms with E-state index in [-0.39, 0.29) is 5.92 Å². The van der Waals surface area contributed by atoms with Gasteiger partial charge in [0.2, 0.25) is 0 Å². The zero-order valence-corrected chi connectivity index (χ0v) is 23.3. The Morgan fingerprint density at radius 1 is 0.842 bits per heavy atom. The molecule has 1 aliphatic rings.